The van der Waals surface area contributed by atoms with Gasteiger partial charge in [0, 0.05) is 6.04 Å². The summed E-state index contributed by atoms with van der Waals surface area (Å²) in [7, 11) is 0. The van der Waals surface area contributed by atoms with E-state index in [2.05, 4.69) is 51.2 Å². The lowest BCUT2D eigenvalue weighted by atomic mass is 10.1. The largest absolute Gasteiger partial charge is 0.491 e. The van der Waals surface area contributed by atoms with Gasteiger partial charge in [0.05, 0.1) is 12.2 Å². The fourth-order valence-corrected chi connectivity index (χ4v) is 2.65. The van der Waals surface area contributed by atoms with Crippen molar-refractivity contribution in [1.82, 2.24) is 5.32 Å². The number of fused-ring (bicyclic) bond motifs is 1. The lowest BCUT2D eigenvalue weighted by molar-refractivity contribution is -0.0163. The first-order valence-corrected chi connectivity index (χ1v) is 7.62. The van der Waals surface area contributed by atoms with Crippen molar-refractivity contribution in [3.05, 3.63) is 29.3 Å². The quantitative estimate of drug-likeness (QED) is 0.808. The first-order chi connectivity index (χ1) is 9.49. The molecule has 0 spiro atoms. The predicted molar refractivity (Wildman–Crippen MR) is 82.4 cm³/mol. The maximum atomic E-state index is 5.78. The SMILES string of the molecule is CCNC1CCc2cc(OCCOC(C)(C)C)ccc21. The minimum atomic E-state index is -0.0969. The Labute approximate surface area is 122 Å². The highest BCUT2D eigenvalue weighted by molar-refractivity contribution is 5.40. The molecule has 112 valence electrons. The average Bonchev–Trinajstić information content (AvgIpc) is 2.77. The molecule has 0 aromatic heterocycles. The monoisotopic (exact) mass is 277 g/mol. The molecule has 0 fully saturated rings. The Morgan fingerprint density at radius 3 is 2.75 bits per heavy atom. The summed E-state index contributed by atoms with van der Waals surface area (Å²) in [6.07, 6.45) is 2.34. The van der Waals surface area contributed by atoms with Crippen LogP contribution in [-0.2, 0) is 11.2 Å². The van der Waals surface area contributed by atoms with Gasteiger partial charge in [0.2, 0.25) is 0 Å². The average molecular weight is 277 g/mol. The second-order valence-corrected chi connectivity index (χ2v) is 6.32. The van der Waals surface area contributed by atoms with E-state index >= 15 is 0 Å². The molecule has 3 nitrogen and oxygen atoms in total. The number of hydrogen-bond donors (Lipinski definition) is 1. The normalized spacial score (nSPS) is 18.1. The summed E-state index contributed by atoms with van der Waals surface area (Å²) in [5, 5.41) is 3.53. The summed E-state index contributed by atoms with van der Waals surface area (Å²) in [6, 6.07) is 6.98. The van der Waals surface area contributed by atoms with Crippen molar-refractivity contribution in [2.24, 2.45) is 0 Å². The molecule has 1 N–H and O–H groups in total. The fourth-order valence-electron chi connectivity index (χ4n) is 2.65. The van der Waals surface area contributed by atoms with Crippen molar-refractivity contribution in [3.63, 3.8) is 0 Å². The van der Waals surface area contributed by atoms with E-state index in [-0.39, 0.29) is 5.60 Å². The Kier molecular flexibility index (Phi) is 5.06. The van der Waals surface area contributed by atoms with E-state index in [1.165, 1.54) is 17.5 Å². The second kappa shape index (κ2) is 6.59. The van der Waals surface area contributed by atoms with Crippen molar-refractivity contribution < 1.29 is 9.47 Å². The molecule has 1 aromatic carbocycles. The zero-order valence-corrected chi connectivity index (χ0v) is 13.2. The molecule has 2 rings (SSSR count). The molecule has 0 saturated heterocycles. The summed E-state index contributed by atoms with van der Waals surface area (Å²) in [5.74, 6) is 0.957. The highest BCUT2D eigenvalue weighted by atomic mass is 16.5. The van der Waals surface area contributed by atoms with E-state index in [0.717, 1.165) is 18.7 Å². The van der Waals surface area contributed by atoms with Crippen LogP contribution in [0.2, 0.25) is 0 Å². The molecule has 0 aliphatic heterocycles. The Morgan fingerprint density at radius 2 is 2.05 bits per heavy atom. The van der Waals surface area contributed by atoms with Crippen LogP contribution in [0.3, 0.4) is 0 Å². The van der Waals surface area contributed by atoms with Crippen LogP contribution in [0.15, 0.2) is 18.2 Å². The maximum absolute atomic E-state index is 5.78. The van der Waals surface area contributed by atoms with Gasteiger partial charge in [0.25, 0.3) is 0 Å². The third-order valence-electron chi connectivity index (χ3n) is 3.53. The summed E-state index contributed by atoms with van der Waals surface area (Å²) in [6.45, 7) is 10.6. The van der Waals surface area contributed by atoms with Gasteiger partial charge >= 0.3 is 0 Å². The van der Waals surface area contributed by atoms with Crippen LogP contribution in [0, 0.1) is 0 Å². The molecule has 0 amide bonds. The topological polar surface area (TPSA) is 30.5 Å². The third-order valence-corrected chi connectivity index (χ3v) is 3.53. The standard InChI is InChI=1S/C17H27NO2/c1-5-18-16-9-6-13-12-14(7-8-15(13)16)19-10-11-20-17(2,3)4/h7-8,12,16,18H,5-6,9-11H2,1-4H3. The van der Waals surface area contributed by atoms with Crippen molar-refractivity contribution in [2.45, 2.75) is 52.2 Å². The molecule has 1 aliphatic carbocycles. The van der Waals surface area contributed by atoms with Crippen molar-refractivity contribution in [2.75, 3.05) is 19.8 Å². The smallest absolute Gasteiger partial charge is 0.119 e. The second-order valence-electron chi connectivity index (χ2n) is 6.32. The minimum Gasteiger partial charge on any atom is -0.491 e. The summed E-state index contributed by atoms with van der Waals surface area (Å²) in [4.78, 5) is 0. The van der Waals surface area contributed by atoms with E-state index < -0.39 is 0 Å². The molecular formula is C17H27NO2. The first-order valence-electron chi connectivity index (χ1n) is 7.62. The number of aryl methyl sites for hydroxylation is 1. The van der Waals surface area contributed by atoms with Gasteiger partial charge < -0.3 is 14.8 Å². The third kappa shape index (κ3) is 4.22. The zero-order valence-electron chi connectivity index (χ0n) is 13.2. The minimum absolute atomic E-state index is 0.0969. The molecule has 0 saturated carbocycles. The lowest BCUT2D eigenvalue weighted by Crippen LogP contribution is -2.22. The van der Waals surface area contributed by atoms with E-state index in [4.69, 9.17) is 9.47 Å². The molecule has 0 radical (unpaired) electrons. The van der Waals surface area contributed by atoms with Gasteiger partial charge in [-0.2, -0.15) is 0 Å². The van der Waals surface area contributed by atoms with Gasteiger partial charge in [0.15, 0.2) is 0 Å². The summed E-state index contributed by atoms with van der Waals surface area (Å²) in [5.41, 5.74) is 2.76. The first kappa shape index (κ1) is 15.3. The number of nitrogens with one attached hydrogen (secondary N) is 1. The van der Waals surface area contributed by atoms with Crippen LogP contribution in [0.25, 0.3) is 0 Å². The Morgan fingerprint density at radius 1 is 1.25 bits per heavy atom. The van der Waals surface area contributed by atoms with E-state index in [1.807, 2.05) is 0 Å². The Hall–Kier alpha value is -1.06. The highest BCUT2D eigenvalue weighted by Gasteiger charge is 2.21. The van der Waals surface area contributed by atoms with Gasteiger partial charge in [-0.3, -0.25) is 0 Å². The zero-order chi connectivity index (χ0) is 14.6. The van der Waals surface area contributed by atoms with Crippen LogP contribution in [0.4, 0.5) is 0 Å². The van der Waals surface area contributed by atoms with Crippen molar-refractivity contribution in [1.29, 1.82) is 0 Å². The maximum Gasteiger partial charge on any atom is 0.119 e. The number of rotatable bonds is 6. The lowest BCUT2D eigenvalue weighted by Gasteiger charge is -2.19. The van der Waals surface area contributed by atoms with Crippen LogP contribution >= 0.6 is 0 Å². The Balaban J connectivity index is 1.86. The predicted octanol–water partition coefficient (Wildman–Crippen LogP) is 3.48. The van der Waals surface area contributed by atoms with Crippen LogP contribution < -0.4 is 10.1 Å². The summed E-state index contributed by atoms with van der Waals surface area (Å²) >= 11 is 0. The Bertz CT molecular complexity index is 437. The van der Waals surface area contributed by atoms with E-state index in [0.29, 0.717) is 19.3 Å². The highest BCUT2D eigenvalue weighted by Crippen LogP contribution is 2.33. The van der Waals surface area contributed by atoms with Crippen molar-refractivity contribution in [3.8, 4) is 5.75 Å². The molecule has 1 atom stereocenters. The van der Waals surface area contributed by atoms with Crippen molar-refractivity contribution >= 4 is 0 Å². The van der Waals surface area contributed by atoms with Crippen LogP contribution in [0.5, 0.6) is 5.75 Å². The molecule has 0 bridgehead atoms. The molecule has 0 heterocycles. The summed E-state index contributed by atoms with van der Waals surface area (Å²) < 4.78 is 11.4. The van der Waals surface area contributed by atoms with Gasteiger partial charge in [-0.15, -0.1) is 0 Å². The molecule has 1 aliphatic rings. The van der Waals surface area contributed by atoms with Gasteiger partial charge in [-0.05, 0) is 63.4 Å². The van der Waals surface area contributed by atoms with E-state index in [1.54, 1.807) is 0 Å². The molecule has 20 heavy (non-hydrogen) atoms. The van der Waals surface area contributed by atoms with Crippen LogP contribution in [0.1, 0.15) is 51.3 Å². The molecule has 3 heteroatoms. The fraction of sp³-hybridized carbons (Fsp3) is 0.647. The number of ether oxygens (including phenoxy) is 2. The number of benzene rings is 1. The van der Waals surface area contributed by atoms with Gasteiger partial charge in [0.1, 0.15) is 12.4 Å². The number of hydrogen-bond acceptors (Lipinski definition) is 3. The molecular weight excluding hydrogens is 250 g/mol. The van der Waals surface area contributed by atoms with Crippen LogP contribution in [-0.4, -0.2) is 25.4 Å². The molecule has 1 unspecified atom stereocenters. The van der Waals surface area contributed by atoms with Gasteiger partial charge in [-0.25, -0.2) is 0 Å². The molecule has 1 aromatic rings. The van der Waals surface area contributed by atoms with E-state index in [9.17, 15) is 0 Å². The van der Waals surface area contributed by atoms with Gasteiger partial charge in [-0.1, -0.05) is 13.0 Å².